The molecule has 0 bridgehead atoms. The number of amides is 1. The number of rotatable bonds is 5. The van der Waals surface area contributed by atoms with Crippen LogP contribution in [0.3, 0.4) is 0 Å². The zero-order valence-corrected chi connectivity index (χ0v) is 14.1. The summed E-state index contributed by atoms with van der Waals surface area (Å²) < 4.78 is 5.05. The van der Waals surface area contributed by atoms with Crippen LogP contribution in [-0.2, 0) is 16.0 Å². The molecule has 2 N–H and O–H groups in total. The largest absolute Gasteiger partial charge is 0.451 e. The van der Waals surface area contributed by atoms with Crippen LogP contribution in [0.15, 0.2) is 53.3 Å². The average Bonchev–Trinajstić information content (AvgIpc) is 2.67. The summed E-state index contributed by atoms with van der Waals surface area (Å²) in [5.74, 6) is -1.23. The van der Waals surface area contributed by atoms with Crippen molar-refractivity contribution in [3.8, 4) is 0 Å². The third-order valence-corrected chi connectivity index (χ3v) is 3.90. The highest BCUT2D eigenvalue weighted by atomic mass is 16.5. The van der Waals surface area contributed by atoms with Crippen molar-refractivity contribution in [1.82, 2.24) is 10.2 Å². The van der Waals surface area contributed by atoms with Gasteiger partial charge in [-0.15, -0.1) is 0 Å². The molecule has 26 heavy (non-hydrogen) atoms. The molecule has 2 aromatic carbocycles. The van der Waals surface area contributed by atoms with Crippen LogP contribution in [0.2, 0.25) is 0 Å². The molecule has 7 heteroatoms. The van der Waals surface area contributed by atoms with Gasteiger partial charge in [-0.05, 0) is 24.1 Å². The fourth-order valence-corrected chi connectivity index (χ4v) is 2.61. The van der Waals surface area contributed by atoms with Crippen molar-refractivity contribution in [3.05, 3.63) is 70.1 Å². The van der Waals surface area contributed by atoms with Crippen LogP contribution in [0.25, 0.3) is 10.8 Å². The molecule has 3 aromatic rings. The molecule has 1 heterocycles. The molecule has 0 saturated heterocycles. The Kier molecular flexibility index (Phi) is 5.07. The summed E-state index contributed by atoms with van der Waals surface area (Å²) in [4.78, 5) is 36.1. The van der Waals surface area contributed by atoms with Gasteiger partial charge in [-0.3, -0.25) is 9.59 Å². The third kappa shape index (κ3) is 3.61. The van der Waals surface area contributed by atoms with Gasteiger partial charge in [0.2, 0.25) is 0 Å². The topological polar surface area (TPSA) is 101 Å². The summed E-state index contributed by atoms with van der Waals surface area (Å²) >= 11 is 0. The summed E-state index contributed by atoms with van der Waals surface area (Å²) in [6.45, 7) is 1.53. The number of ether oxygens (including phenoxy) is 1. The van der Waals surface area contributed by atoms with Gasteiger partial charge in [0.25, 0.3) is 11.5 Å². The molecule has 0 unspecified atom stereocenters. The van der Waals surface area contributed by atoms with Crippen LogP contribution in [0.4, 0.5) is 5.69 Å². The normalized spacial score (nSPS) is 10.5. The number of nitrogens with one attached hydrogen (secondary N) is 2. The highest BCUT2D eigenvalue weighted by molar-refractivity contribution is 6.03. The van der Waals surface area contributed by atoms with Crippen LogP contribution in [-0.4, -0.2) is 28.7 Å². The number of H-pyrrole nitrogens is 1. The Morgan fingerprint density at radius 1 is 1.08 bits per heavy atom. The van der Waals surface area contributed by atoms with Gasteiger partial charge in [0.1, 0.15) is 0 Å². The van der Waals surface area contributed by atoms with Crippen molar-refractivity contribution in [2.24, 2.45) is 0 Å². The number of hydrogen-bond acceptors (Lipinski definition) is 5. The SMILES string of the molecule is CCc1ccccc1NC(=O)COC(=O)c1n[nH]c(=O)c2ccccc12. The predicted octanol–water partition coefficient (Wildman–Crippen LogP) is 2.28. The molecule has 7 nitrogen and oxygen atoms in total. The number of anilines is 1. The van der Waals surface area contributed by atoms with Crippen LogP contribution in [0.5, 0.6) is 0 Å². The van der Waals surface area contributed by atoms with Crippen LogP contribution in [0.1, 0.15) is 23.0 Å². The molecule has 0 atom stereocenters. The second kappa shape index (κ2) is 7.60. The van der Waals surface area contributed by atoms with Gasteiger partial charge in [-0.25, -0.2) is 9.89 Å². The molecule has 3 rings (SSSR count). The van der Waals surface area contributed by atoms with E-state index >= 15 is 0 Å². The van der Waals surface area contributed by atoms with Gasteiger partial charge < -0.3 is 10.1 Å². The maximum atomic E-state index is 12.3. The Hall–Kier alpha value is -3.48. The zero-order valence-electron chi connectivity index (χ0n) is 14.1. The molecule has 0 aliphatic rings. The van der Waals surface area contributed by atoms with Gasteiger partial charge >= 0.3 is 5.97 Å². The lowest BCUT2D eigenvalue weighted by molar-refractivity contribution is -0.119. The van der Waals surface area contributed by atoms with Crippen molar-refractivity contribution in [3.63, 3.8) is 0 Å². The molecule has 0 aliphatic heterocycles. The maximum Gasteiger partial charge on any atom is 0.359 e. The molecule has 1 amide bonds. The standard InChI is InChI=1S/C19H17N3O4/c1-2-12-7-3-6-10-15(12)20-16(23)11-26-19(25)17-13-8-4-5-9-14(13)18(24)22-21-17/h3-10H,2,11H2,1H3,(H,20,23)(H,22,24). The van der Waals surface area contributed by atoms with E-state index in [0.717, 1.165) is 12.0 Å². The minimum atomic E-state index is -0.781. The van der Waals surface area contributed by atoms with Crippen molar-refractivity contribution < 1.29 is 14.3 Å². The number of carbonyl (C=O) groups excluding carboxylic acids is 2. The summed E-state index contributed by atoms with van der Waals surface area (Å²) in [6, 6.07) is 14.0. The van der Waals surface area contributed by atoms with E-state index in [0.29, 0.717) is 16.5 Å². The monoisotopic (exact) mass is 351 g/mol. The molecule has 0 spiro atoms. The van der Waals surface area contributed by atoms with E-state index in [1.165, 1.54) is 0 Å². The first-order valence-corrected chi connectivity index (χ1v) is 8.12. The number of carbonyl (C=O) groups is 2. The highest BCUT2D eigenvalue weighted by Gasteiger charge is 2.17. The van der Waals surface area contributed by atoms with Crippen LogP contribution in [0, 0.1) is 0 Å². The van der Waals surface area contributed by atoms with E-state index in [2.05, 4.69) is 15.5 Å². The highest BCUT2D eigenvalue weighted by Crippen LogP contribution is 2.16. The molecule has 0 fully saturated rings. The number of benzene rings is 2. The minimum absolute atomic E-state index is 0.0399. The second-order valence-corrected chi connectivity index (χ2v) is 5.58. The lowest BCUT2D eigenvalue weighted by Gasteiger charge is -2.10. The number of aryl methyl sites for hydroxylation is 1. The summed E-state index contributed by atoms with van der Waals surface area (Å²) in [7, 11) is 0. The Bertz CT molecular complexity index is 1030. The quantitative estimate of drug-likeness (QED) is 0.687. The average molecular weight is 351 g/mol. The molecule has 132 valence electrons. The molecular formula is C19H17N3O4. The first kappa shape index (κ1) is 17.3. The van der Waals surface area contributed by atoms with E-state index in [4.69, 9.17) is 4.74 Å². The molecule has 0 saturated carbocycles. The van der Waals surface area contributed by atoms with Crippen molar-refractivity contribution in [2.45, 2.75) is 13.3 Å². The van der Waals surface area contributed by atoms with Gasteiger partial charge in [0.15, 0.2) is 12.3 Å². The predicted molar refractivity (Wildman–Crippen MR) is 97.1 cm³/mol. The summed E-state index contributed by atoms with van der Waals surface area (Å²) in [6.07, 6.45) is 0.767. The fourth-order valence-electron chi connectivity index (χ4n) is 2.61. The van der Waals surface area contributed by atoms with Crippen molar-refractivity contribution in [1.29, 1.82) is 0 Å². The summed E-state index contributed by atoms with van der Waals surface area (Å²) in [5, 5.41) is 9.43. The number of esters is 1. The molecular weight excluding hydrogens is 334 g/mol. The van der Waals surface area contributed by atoms with E-state index < -0.39 is 24.0 Å². The number of hydrogen-bond donors (Lipinski definition) is 2. The number of para-hydroxylation sites is 1. The first-order valence-electron chi connectivity index (χ1n) is 8.12. The van der Waals surface area contributed by atoms with Crippen molar-refractivity contribution >= 4 is 28.3 Å². The maximum absolute atomic E-state index is 12.3. The zero-order chi connectivity index (χ0) is 18.5. The fraction of sp³-hybridized carbons (Fsp3) is 0.158. The van der Waals surface area contributed by atoms with Crippen molar-refractivity contribution in [2.75, 3.05) is 11.9 Å². The van der Waals surface area contributed by atoms with Gasteiger partial charge in [-0.1, -0.05) is 43.3 Å². The Labute approximate surface area is 149 Å². The number of nitrogens with zero attached hydrogens (tertiary/aromatic N) is 1. The lowest BCUT2D eigenvalue weighted by Crippen LogP contribution is -2.23. The van der Waals surface area contributed by atoms with E-state index in [1.807, 2.05) is 25.1 Å². The molecule has 0 radical (unpaired) electrons. The van der Waals surface area contributed by atoms with Gasteiger partial charge in [0, 0.05) is 11.1 Å². The number of fused-ring (bicyclic) bond motifs is 1. The number of aromatic nitrogens is 2. The Morgan fingerprint density at radius 2 is 1.77 bits per heavy atom. The number of aromatic amines is 1. The molecule has 0 aliphatic carbocycles. The smallest absolute Gasteiger partial charge is 0.359 e. The minimum Gasteiger partial charge on any atom is -0.451 e. The van der Waals surface area contributed by atoms with E-state index in [1.54, 1.807) is 30.3 Å². The van der Waals surface area contributed by atoms with Crippen LogP contribution < -0.4 is 10.9 Å². The van der Waals surface area contributed by atoms with E-state index in [9.17, 15) is 14.4 Å². The Balaban J connectivity index is 1.70. The van der Waals surface area contributed by atoms with Gasteiger partial charge in [0.05, 0.1) is 5.39 Å². The Morgan fingerprint density at radius 3 is 2.54 bits per heavy atom. The lowest BCUT2D eigenvalue weighted by atomic mass is 10.1. The first-order chi connectivity index (χ1) is 12.6. The second-order valence-electron chi connectivity index (χ2n) is 5.58. The summed E-state index contributed by atoms with van der Waals surface area (Å²) in [5.41, 5.74) is 1.23. The van der Waals surface area contributed by atoms with Crippen LogP contribution >= 0.6 is 0 Å². The third-order valence-electron chi connectivity index (χ3n) is 3.90. The van der Waals surface area contributed by atoms with E-state index in [-0.39, 0.29) is 5.69 Å². The van der Waals surface area contributed by atoms with Gasteiger partial charge in [-0.2, -0.15) is 5.10 Å². The molecule has 1 aromatic heterocycles.